The van der Waals surface area contributed by atoms with Gasteiger partial charge in [-0.15, -0.1) is 0 Å². The molecule has 39 heavy (non-hydrogen) atoms. The second-order valence-corrected chi connectivity index (χ2v) is 11.5. The van der Waals surface area contributed by atoms with E-state index >= 15 is 0 Å². The molecular formula is C29H26ClF3N2O3S. The molecule has 1 N–H and O–H groups in total. The molecule has 0 aliphatic heterocycles. The third kappa shape index (κ3) is 6.72. The standard InChI is InChI=1S/C29H26ClF3N2O3S/c1-20(16-22-10-7-9-21-8-5-6-13-25(21)22)18-34-28(36)19-35(39(37,38)24-11-3-2-4-12-24)27-17-23(29(31,32)33)14-15-26(27)30/h2-15,17,20H,16,18-19H2,1H3,(H,34,36). The highest BCUT2D eigenvalue weighted by molar-refractivity contribution is 7.92. The summed E-state index contributed by atoms with van der Waals surface area (Å²) in [6.45, 7) is 1.43. The van der Waals surface area contributed by atoms with Crippen molar-refractivity contribution in [2.75, 3.05) is 17.4 Å². The Morgan fingerprint density at radius 3 is 2.33 bits per heavy atom. The SMILES string of the molecule is CC(CNC(=O)CN(c1cc(C(F)(F)F)ccc1Cl)S(=O)(=O)c1ccccc1)Cc1cccc2ccccc12. The summed E-state index contributed by atoms with van der Waals surface area (Å²) in [7, 11) is -4.42. The van der Waals surface area contributed by atoms with E-state index in [4.69, 9.17) is 11.6 Å². The van der Waals surface area contributed by atoms with Crippen molar-refractivity contribution in [3.8, 4) is 0 Å². The Labute approximate surface area is 230 Å². The summed E-state index contributed by atoms with van der Waals surface area (Å²) in [5.74, 6) is -0.677. The number of amides is 1. The fraction of sp³-hybridized carbons (Fsp3) is 0.207. The number of carbonyl (C=O) groups excluding carboxylic acids is 1. The quantitative estimate of drug-likeness (QED) is 0.242. The zero-order valence-corrected chi connectivity index (χ0v) is 22.5. The van der Waals surface area contributed by atoms with E-state index in [0.717, 1.165) is 28.5 Å². The summed E-state index contributed by atoms with van der Waals surface area (Å²) < 4.78 is 67.9. The fourth-order valence-electron chi connectivity index (χ4n) is 4.29. The Morgan fingerprint density at radius 1 is 0.949 bits per heavy atom. The minimum atomic E-state index is -4.74. The van der Waals surface area contributed by atoms with E-state index < -0.39 is 39.9 Å². The Balaban J connectivity index is 1.56. The van der Waals surface area contributed by atoms with Gasteiger partial charge in [0.15, 0.2) is 0 Å². The topological polar surface area (TPSA) is 66.5 Å². The van der Waals surface area contributed by atoms with Crippen molar-refractivity contribution in [1.82, 2.24) is 5.32 Å². The summed E-state index contributed by atoms with van der Waals surface area (Å²) >= 11 is 6.18. The van der Waals surface area contributed by atoms with Crippen LogP contribution in [0.15, 0.2) is 95.9 Å². The molecule has 0 heterocycles. The van der Waals surface area contributed by atoms with Crippen LogP contribution in [-0.4, -0.2) is 27.4 Å². The second-order valence-electron chi connectivity index (χ2n) is 9.24. The molecule has 0 saturated carbocycles. The van der Waals surface area contributed by atoms with E-state index in [1.165, 1.54) is 24.3 Å². The van der Waals surface area contributed by atoms with Crippen LogP contribution in [0.5, 0.6) is 0 Å². The largest absolute Gasteiger partial charge is 0.416 e. The molecule has 1 unspecified atom stereocenters. The molecule has 0 saturated heterocycles. The van der Waals surface area contributed by atoms with Gasteiger partial charge >= 0.3 is 6.18 Å². The molecule has 0 aliphatic rings. The summed E-state index contributed by atoms with van der Waals surface area (Å²) in [6, 6.07) is 23.5. The van der Waals surface area contributed by atoms with E-state index in [9.17, 15) is 26.4 Å². The Bertz CT molecular complexity index is 1570. The lowest BCUT2D eigenvalue weighted by Gasteiger charge is -2.26. The first-order valence-electron chi connectivity index (χ1n) is 12.1. The van der Waals surface area contributed by atoms with Gasteiger partial charge in [-0.05, 0) is 59.0 Å². The van der Waals surface area contributed by atoms with E-state index in [0.29, 0.717) is 16.8 Å². The molecule has 0 aromatic heterocycles. The zero-order valence-electron chi connectivity index (χ0n) is 21.0. The summed E-state index contributed by atoms with van der Waals surface area (Å²) in [5.41, 5.74) is -0.410. The van der Waals surface area contributed by atoms with E-state index in [2.05, 4.69) is 5.32 Å². The van der Waals surface area contributed by atoms with Gasteiger partial charge in [-0.3, -0.25) is 9.10 Å². The van der Waals surface area contributed by atoms with Crippen LogP contribution < -0.4 is 9.62 Å². The predicted octanol–water partition coefficient (Wildman–Crippen LogP) is 6.70. The number of alkyl halides is 3. The van der Waals surface area contributed by atoms with E-state index in [1.807, 2.05) is 49.4 Å². The molecule has 0 radical (unpaired) electrons. The number of anilines is 1. The number of nitrogens with zero attached hydrogens (tertiary/aromatic N) is 1. The van der Waals surface area contributed by atoms with Crippen LogP contribution in [0.1, 0.15) is 18.1 Å². The van der Waals surface area contributed by atoms with Crippen LogP contribution >= 0.6 is 11.6 Å². The third-order valence-electron chi connectivity index (χ3n) is 6.26. The van der Waals surface area contributed by atoms with Crippen molar-refractivity contribution in [1.29, 1.82) is 0 Å². The molecular weight excluding hydrogens is 549 g/mol. The molecule has 1 amide bonds. The number of sulfonamides is 1. The van der Waals surface area contributed by atoms with Gasteiger partial charge in [0.1, 0.15) is 6.54 Å². The average molecular weight is 575 g/mol. The first kappa shape index (κ1) is 28.4. The van der Waals surface area contributed by atoms with Crippen LogP contribution in [0.3, 0.4) is 0 Å². The second kappa shape index (κ2) is 11.7. The van der Waals surface area contributed by atoms with Crippen LogP contribution in [0.25, 0.3) is 10.8 Å². The highest BCUT2D eigenvalue weighted by Crippen LogP contribution is 2.37. The third-order valence-corrected chi connectivity index (χ3v) is 8.35. The van der Waals surface area contributed by atoms with Crippen molar-refractivity contribution in [2.45, 2.75) is 24.4 Å². The number of hydrogen-bond acceptors (Lipinski definition) is 3. The molecule has 4 aromatic carbocycles. The van der Waals surface area contributed by atoms with Gasteiger partial charge < -0.3 is 5.32 Å². The zero-order chi connectivity index (χ0) is 28.2. The van der Waals surface area contributed by atoms with Gasteiger partial charge in [0.25, 0.3) is 10.0 Å². The lowest BCUT2D eigenvalue weighted by atomic mass is 9.96. The van der Waals surface area contributed by atoms with Crippen LogP contribution in [0.4, 0.5) is 18.9 Å². The molecule has 10 heteroatoms. The molecule has 0 spiro atoms. The highest BCUT2D eigenvalue weighted by Gasteiger charge is 2.34. The molecule has 4 rings (SSSR count). The van der Waals surface area contributed by atoms with Crippen molar-refractivity contribution < 1.29 is 26.4 Å². The maximum Gasteiger partial charge on any atom is 0.416 e. The van der Waals surface area contributed by atoms with Gasteiger partial charge in [0.2, 0.25) is 5.91 Å². The van der Waals surface area contributed by atoms with Crippen molar-refractivity contribution >= 4 is 44.0 Å². The molecule has 204 valence electrons. The first-order chi connectivity index (χ1) is 18.5. The molecule has 4 aromatic rings. The van der Waals surface area contributed by atoms with Gasteiger partial charge in [0, 0.05) is 6.54 Å². The lowest BCUT2D eigenvalue weighted by Crippen LogP contribution is -2.42. The average Bonchev–Trinajstić information content (AvgIpc) is 2.91. The Hall–Kier alpha value is -3.56. The van der Waals surface area contributed by atoms with E-state index in [-0.39, 0.29) is 22.4 Å². The highest BCUT2D eigenvalue weighted by atomic mass is 35.5. The maximum atomic E-state index is 13.5. The lowest BCUT2D eigenvalue weighted by molar-refractivity contribution is -0.137. The van der Waals surface area contributed by atoms with E-state index in [1.54, 1.807) is 6.07 Å². The fourth-order valence-corrected chi connectivity index (χ4v) is 6.01. The van der Waals surface area contributed by atoms with Gasteiger partial charge in [0.05, 0.1) is 21.2 Å². The van der Waals surface area contributed by atoms with Gasteiger partial charge in [-0.2, -0.15) is 13.2 Å². The number of rotatable bonds is 9. The molecule has 0 fully saturated rings. The van der Waals surface area contributed by atoms with Crippen molar-refractivity contribution in [2.24, 2.45) is 5.92 Å². The Kier molecular flexibility index (Phi) is 8.51. The monoisotopic (exact) mass is 574 g/mol. The predicted molar refractivity (Wildman–Crippen MR) is 147 cm³/mol. The van der Waals surface area contributed by atoms with Gasteiger partial charge in [-0.1, -0.05) is 79.2 Å². The van der Waals surface area contributed by atoms with Crippen molar-refractivity contribution in [3.63, 3.8) is 0 Å². The summed E-state index contributed by atoms with van der Waals surface area (Å²) in [6.07, 6.45) is -4.08. The number of hydrogen-bond donors (Lipinski definition) is 1. The van der Waals surface area contributed by atoms with Crippen LogP contribution in [-0.2, 0) is 27.4 Å². The molecule has 0 bridgehead atoms. The number of nitrogens with one attached hydrogen (secondary N) is 1. The normalized spacial score (nSPS) is 12.7. The molecule has 5 nitrogen and oxygen atoms in total. The summed E-state index contributed by atoms with van der Waals surface area (Å²) in [4.78, 5) is 12.8. The maximum absolute atomic E-state index is 13.5. The van der Waals surface area contributed by atoms with Crippen molar-refractivity contribution in [3.05, 3.63) is 107 Å². The Morgan fingerprint density at radius 2 is 1.62 bits per heavy atom. The number of halogens is 4. The van der Waals surface area contributed by atoms with Crippen LogP contribution in [0, 0.1) is 5.92 Å². The molecule has 1 atom stereocenters. The number of fused-ring (bicyclic) bond motifs is 1. The van der Waals surface area contributed by atoms with Crippen LogP contribution in [0.2, 0.25) is 5.02 Å². The van der Waals surface area contributed by atoms with Gasteiger partial charge in [-0.25, -0.2) is 8.42 Å². The smallest absolute Gasteiger partial charge is 0.354 e. The first-order valence-corrected chi connectivity index (χ1v) is 14.0. The number of benzene rings is 4. The summed E-state index contributed by atoms with van der Waals surface area (Å²) in [5, 5.41) is 4.70. The molecule has 0 aliphatic carbocycles. The minimum absolute atomic E-state index is 0.00363. The minimum Gasteiger partial charge on any atom is -0.354 e. The number of carbonyl (C=O) groups is 1.